The third-order valence-electron chi connectivity index (χ3n) is 3.64. The van der Waals surface area contributed by atoms with Crippen molar-refractivity contribution >= 4 is 0 Å². The van der Waals surface area contributed by atoms with Crippen LogP contribution < -0.4 is 5.32 Å². The average Bonchev–Trinajstić information content (AvgIpc) is 3.15. The maximum Gasteiger partial charge on any atom is 0.146 e. The number of pyridine rings is 1. The molecule has 2 atom stereocenters. The Hall–Kier alpha value is -0.960. The van der Waals surface area contributed by atoms with Crippen molar-refractivity contribution in [2.75, 3.05) is 6.54 Å². The highest BCUT2D eigenvalue weighted by atomic mass is 19.1. The molecule has 94 valence electrons. The molecule has 0 saturated heterocycles. The Kier molecular flexibility index (Phi) is 4.11. The van der Waals surface area contributed by atoms with Crippen LogP contribution in [0.2, 0.25) is 0 Å². The van der Waals surface area contributed by atoms with Gasteiger partial charge in [0.25, 0.3) is 0 Å². The van der Waals surface area contributed by atoms with Crippen LogP contribution in [0, 0.1) is 17.7 Å². The SMILES string of the molecule is CCCNC(c1ccncc1F)C(C)C1CC1. The maximum absolute atomic E-state index is 13.8. The molecule has 0 bridgehead atoms. The summed E-state index contributed by atoms with van der Waals surface area (Å²) in [6, 6.07) is 1.94. The van der Waals surface area contributed by atoms with Crippen molar-refractivity contribution in [1.29, 1.82) is 0 Å². The molecule has 2 unspecified atom stereocenters. The summed E-state index contributed by atoms with van der Waals surface area (Å²) in [6.07, 6.45) is 6.64. The standard InChI is InChI=1S/C14H21FN2/c1-3-7-17-14(10(2)11-4-5-11)12-6-8-16-9-13(12)15/h6,8-11,14,17H,3-5,7H2,1-2H3. The normalized spacial score (nSPS) is 19.0. The highest BCUT2D eigenvalue weighted by Gasteiger charge is 2.34. The first kappa shape index (κ1) is 12.5. The molecule has 1 saturated carbocycles. The Bertz CT molecular complexity index is 363. The van der Waals surface area contributed by atoms with Gasteiger partial charge < -0.3 is 5.32 Å². The zero-order valence-corrected chi connectivity index (χ0v) is 10.6. The molecule has 1 aromatic heterocycles. The zero-order valence-electron chi connectivity index (χ0n) is 10.6. The van der Waals surface area contributed by atoms with E-state index in [2.05, 4.69) is 24.1 Å². The van der Waals surface area contributed by atoms with E-state index in [1.807, 2.05) is 6.07 Å². The van der Waals surface area contributed by atoms with Crippen molar-refractivity contribution in [3.63, 3.8) is 0 Å². The molecule has 1 aliphatic carbocycles. The van der Waals surface area contributed by atoms with Crippen LogP contribution in [0.15, 0.2) is 18.5 Å². The largest absolute Gasteiger partial charge is 0.310 e. The predicted octanol–water partition coefficient (Wildman–Crippen LogP) is 3.31. The van der Waals surface area contributed by atoms with Crippen LogP contribution in [0.1, 0.15) is 44.7 Å². The molecule has 0 aliphatic heterocycles. The van der Waals surface area contributed by atoms with Crippen LogP contribution in [0.25, 0.3) is 0 Å². The van der Waals surface area contributed by atoms with E-state index in [9.17, 15) is 4.39 Å². The van der Waals surface area contributed by atoms with Crippen LogP contribution in [-0.4, -0.2) is 11.5 Å². The Morgan fingerprint density at radius 3 is 2.88 bits per heavy atom. The third kappa shape index (κ3) is 3.03. The van der Waals surface area contributed by atoms with Gasteiger partial charge in [-0.2, -0.15) is 0 Å². The van der Waals surface area contributed by atoms with Crippen LogP contribution >= 0.6 is 0 Å². The fraction of sp³-hybridized carbons (Fsp3) is 0.643. The summed E-state index contributed by atoms with van der Waals surface area (Å²) in [7, 11) is 0. The van der Waals surface area contributed by atoms with E-state index in [1.54, 1.807) is 6.20 Å². The number of halogens is 1. The lowest BCUT2D eigenvalue weighted by atomic mass is 9.91. The molecule has 0 aromatic carbocycles. The quantitative estimate of drug-likeness (QED) is 0.819. The van der Waals surface area contributed by atoms with Gasteiger partial charge in [0.1, 0.15) is 5.82 Å². The molecule has 2 rings (SSSR count). The molecular formula is C14H21FN2. The summed E-state index contributed by atoms with van der Waals surface area (Å²) in [5.74, 6) is 1.07. The van der Waals surface area contributed by atoms with Gasteiger partial charge in [-0.05, 0) is 43.7 Å². The lowest BCUT2D eigenvalue weighted by Gasteiger charge is -2.26. The first-order valence-electron chi connectivity index (χ1n) is 6.56. The molecule has 2 nitrogen and oxygen atoms in total. The van der Waals surface area contributed by atoms with Crippen molar-refractivity contribution in [1.82, 2.24) is 10.3 Å². The Balaban J connectivity index is 2.16. The topological polar surface area (TPSA) is 24.9 Å². The number of nitrogens with zero attached hydrogens (tertiary/aromatic N) is 1. The molecule has 3 heteroatoms. The molecule has 17 heavy (non-hydrogen) atoms. The smallest absolute Gasteiger partial charge is 0.146 e. The van der Waals surface area contributed by atoms with E-state index in [0.29, 0.717) is 5.92 Å². The summed E-state index contributed by atoms with van der Waals surface area (Å²) in [5.41, 5.74) is 0.771. The van der Waals surface area contributed by atoms with Gasteiger partial charge in [0, 0.05) is 17.8 Å². The van der Waals surface area contributed by atoms with Crippen molar-refractivity contribution in [2.45, 2.75) is 39.2 Å². The summed E-state index contributed by atoms with van der Waals surface area (Å²) < 4.78 is 13.8. The van der Waals surface area contributed by atoms with Crippen molar-refractivity contribution < 1.29 is 4.39 Å². The van der Waals surface area contributed by atoms with Gasteiger partial charge in [-0.3, -0.25) is 4.98 Å². The van der Waals surface area contributed by atoms with Gasteiger partial charge in [0.15, 0.2) is 0 Å². The second-order valence-corrected chi connectivity index (χ2v) is 5.03. The summed E-state index contributed by atoms with van der Waals surface area (Å²) in [4.78, 5) is 3.82. The van der Waals surface area contributed by atoms with E-state index in [-0.39, 0.29) is 11.9 Å². The number of nitrogens with one attached hydrogen (secondary N) is 1. The van der Waals surface area contributed by atoms with E-state index in [1.165, 1.54) is 19.0 Å². The monoisotopic (exact) mass is 236 g/mol. The highest BCUT2D eigenvalue weighted by molar-refractivity contribution is 5.19. The molecule has 1 N–H and O–H groups in total. The zero-order chi connectivity index (χ0) is 12.3. The van der Waals surface area contributed by atoms with Crippen LogP contribution in [-0.2, 0) is 0 Å². The molecule has 1 fully saturated rings. The van der Waals surface area contributed by atoms with Crippen molar-refractivity contribution in [2.24, 2.45) is 11.8 Å². The van der Waals surface area contributed by atoms with Crippen LogP contribution in [0.3, 0.4) is 0 Å². The second-order valence-electron chi connectivity index (χ2n) is 5.03. The predicted molar refractivity (Wildman–Crippen MR) is 67.1 cm³/mol. The van der Waals surface area contributed by atoms with Crippen LogP contribution in [0.4, 0.5) is 4.39 Å². The Labute approximate surface area is 103 Å². The first-order valence-corrected chi connectivity index (χ1v) is 6.56. The molecule has 0 amide bonds. The van der Waals surface area contributed by atoms with Gasteiger partial charge >= 0.3 is 0 Å². The number of rotatable bonds is 6. The Morgan fingerprint density at radius 2 is 2.29 bits per heavy atom. The van der Waals surface area contributed by atoms with E-state index in [0.717, 1.165) is 24.4 Å². The summed E-state index contributed by atoms with van der Waals surface area (Å²) in [6.45, 7) is 5.29. The van der Waals surface area contributed by atoms with E-state index >= 15 is 0 Å². The average molecular weight is 236 g/mol. The molecule has 1 aliphatic rings. The lowest BCUT2D eigenvalue weighted by molar-refractivity contribution is 0.340. The molecule has 1 aromatic rings. The first-order chi connectivity index (χ1) is 8.24. The minimum Gasteiger partial charge on any atom is -0.310 e. The van der Waals surface area contributed by atoms with Gasteiger partial charge in [0.05, 0.1) is 6.20 Å². The third-order valence-corrected chi connectivity index (χ3v) is 3.64. The van der Waals surface area contributed by atoms with E-state index < -0.39 is 0 Å². The molecule has 0 radical (unpaired) electrons. The fourth-order valence-electron chi connectivity index (χ4n) is 2.41. The van der Waals surface area contributed by atoms with Crippen molar-refractivity contribution in [3.05, 3.63) is 29.8 Å². The van der Waals surface area contributed by atoms with Crippen LogP contribution in [0.5, 0.6) is 0 Å². The van der Waals surface area contributed by atoms with Crippen molar-refractivity contribution in [3.8, 4) is 0 Å². The minimum absolute atomic E-state index is 0.130. The maximum atomic E-state index is 13.8. The summed E-state index contributed by atoms with van der Waals surface area (Å²) in [5, 5.41) is 3.48. The molecule has 1 heterocycles. The number of aromatic nitrogens is 1. The van der Waals surface area contributed by atoms with Gasteiger partial charge in [-0.25, -0.2) is 4.39 Å². The van der Waals surface area contributed by atoms with Gasteiger partial charge in [-0.15, -0.1) is 0 Å². The van der Waals surface area contributed by atoms with Gasteiger partial charge in [0.2, 0.25) is 0 Å². The summed E-state index contributed by atoms with van der Waals surface area (Å²) >= 11 is 0. The minimum atomic E-state index is -0.186. The fourth-order valence-corrected chi connectivity index (χ4v) is 2.41. The highest BCUT2D eigenvalue weighted by Crippen LogP contribution is 2.42. The lowest BCUT2D eigenvalue weighted by Crippen LogP contribution is -2.29. The number of hydrogen-bond donors (Lipinski definition) is 1. The Morgan fingerprint density at radius 1 is 1.53 bits per heavy atom. The molecular weight excluding hydrogens is 215 g/mol. The molecule has 0 spiro atoms. The number of hydrogen-bond acceptors (Lipinski definition) is 2. The van der Waals surface area contributed by atoms with E-state index in [4.69, 9.17) is 0 Å². The van der Waals surface area contributed by atoms with Gasteiger partial charge in [-0.1, -0.05) is 13.8 Å². The second kappa shape index (κ2) is 5.58.